The number of ether oxygens (including phenoxy) is 1. The summed E-state index contributed by atoms with van der Waals surface area (Å²) >= 11 is 0. The van der Waals surface area contributed by atoms with Crippen LogP contribution >= 0.6 is 0 Å². The molecule has 258 valence electrons. The molecule has 0 bridgehead atoms. The maximum Gasteiger partial charge on any atom is 0.236 e. The highest BCUT2D eigenvalue weighted by Gasteiger charge is 2.44. The summed E-state index contributed by atoms with van der Waals surface area (Å²) in [6.45, 7) is 6.33. The van der Waals surface area contributed by atoms with Gasteiger partial charge in [0.25, 0.3) is 0 Å². The van der Waals surface area contributed by atoms with Crippen molar-refractivity contribution in [3.8, 4) is 28.5 Å². The lowest BCUT2D eigenvalue weighted by Gasteiger charge is -2.37. The van der Waals surface area contributed by atoms with Crippen LogP contribution in [0.25, 0.3) is 33.5 Å². The molecule has 13 heteroatoms. The van der Waals surface area contributed by atoms with Gasteiger partial charge in [-0.25, -0.2) is 19.3 Å². The number of piperazine rings is 1. The minimum absolute atomic E-state index is 0.0751. The molecular weight excluding hydrogens is 637 g/mol. The van der Waals surface area contributed by atoms with Gasteiger partial charge in [0.05, 0.1) is 30.8 Å². The van der Waals surface area contributed by atoms with Gasteiger partial charge in [-0.15, -0.1) is 0 Å². The lowest BCUT2D eigenvalue weighted by Crippen LogP contribution is -2.51. The average molecular weight is 678 g/mol. The first-order valence-electron chi connectivity index (χ1n) is 17.0. The van der Waals surface area contributed by atoms with Gasteiger partial charge < -0.3 is 19.9 Å². The molecule has 3 aromatic heterocycles. The molecule has 0 radical (unpaired) electrons. The van der Waals surface area contributed by atoms with Crippen molar-refractivity contribution in [2.45, 2.75) is 26.2 Å². The number of aromatic nitrogens is 5. The number of methoxy groups -OCH3 is 1. The summed E-state index contributed by atoms with van der Waals surface area (Å²) in [5.41, 5.74) is 3.41. The van der Waals surface area contributed by atoms with E-state index in [1.165, 1.54) is 13.2 Å². The molecule has 50 heavy (non-hydrogen) atoms. The van der Waals surface area contributed by atoms with Crippen molar-refractivity contribution in [2.75, 3.05) is 63.1 Å². The smallest absolute Gasteiger partial charge is 0.236 e. The van der Waals surface area contributed by atoms with E-state index in [0.29, 0.717) is 67.1 Å². The number of fused-ring (bicyclic) bond motifs is 1. The van der Waals surface area contributed by atoms with Crippen molar-refractivity contribution in [3.63, 3.8) is 0 Å². The molecule has 2 aliphatic rings. The molecule has 0 saturated carbocycles. The number of carbonyl (C=O) groups excluding carboxylic acids is 2. The van der Waals surface area contributed by atoms with Gasteiger partial charge in [-0.2, -0.15) is 5.10 Å². The highest BCUT2D eigenvalue weighted by atomic mass is 19.1. The number of hydrogen-bond acceptors (Lipinski definition) is 9. The summed E-state index contributed by atoms with van der Waals surface area (Å²) in [5.74, 6) is 0.461. The third-order valence-corrected chi connectivity index (χ3v) is 9.81. The third-order valence-electron chi connectivity index (χ3n) is 9.81. The molecule has 2 amide bonds. The van der Waals surface area contributed by atoms with Crippen LogP contribution in [0.3, 0.4) is 0 Å². The highest BCUT2D eigenvalue weighted by Crippen LogP contribution is 2.38. The van der Waals surface area contributed by atoms with Crippen molar-refractivity contribution < 1.29 is 18.7 Å². The molecule has 1 unspecified atom stereocenters. The minimum atomic E-state index is -0.622. The van der Waals surface area contributed by atoms with Gasteiger partial charge in [0, 0.05) is 79.1 Å². The van der Waals surface area contributed by atoms with Gasteiger partial charge in [0.1, 0.15) is 5.69 Å². The van der Waals surface area contributed by atoms with Crippen LogP contribution in [0.15, 0.2) is 73.2 Å². The number of nitrogens with one attached hydrogen (secondary N) is 2. The number of likely N-dealkylation sites (tertiary alicyclic amines) is 1. The number of nitrogens with zero attached hydrogens (tertiary/aromatic N) is 7. The molecule has 0 spiro atoms. The third kappa shape index (κ3) is 6.73. The number of benzene rings is 2. The Kier molecular flexibility index (Phi) is 9.40. The Bertz CT molecular complexity index is 1980. The summed E-state index contributed by atoms with van der Waals surface area (Å²) in [5, 5.41) is 11.1. The van der Waals surface area contributed by atoms with E-state index in [1.54, 1.807) is 24.5 Å². The fourth-order valence-electron chi connectivity index (χ4n) is 7.12. The zero-order valence-electron chi connectivity index (χ0n) is 28.2. The number of hydrogen-bond donors (Lipinski definition) is 2. The van der Waals surface area contributed by atoms with E-state index < -0.39 is 11.2 Å². The normalized spacial score (nSPS) is 18.1. The minimum Gasteiger partial charge on any atom is -0.481 e. The second-order valence-corrected chi connectivity index (χ2v) is 13.0. The summed E-state index contributed by atoms with van der Waals surface area (Å²) < 4.78 is 19.9. The molecule has 2 aliphatic heterocycles. The number of rotatable bonds is 10. The SMILES string of the molecule is CCCC1(C(=O)Nc2ccc3[nH]nc(-c4cc(OC)ncc4F)c3c2)CCN(CC(=O)N2CCN(c3ccc(-c4ncccn4)cc3)CC2)C1. The monoisotopic (exact) mass is 677 g/mol. The first kappa shape index (κ1) is 33.1. The van der Waals surface area contributed by atoms with Gasteiger partial charge in [0.15, 0.2) is 11.6 Å². The molecule has 2 saturated heterocycles. The average Bonchev–Trinajstić information content (AvgIpc) is 3.77. The van der Waals surface area contributed by atoms with E-state index in [9.17, 15) is 14.0 Å². The van der Waals surface area contributed by atoms with Crippen LogP contribution in [-0.4, -0.2) is 99.7 Å². The second-order valence-electron chi connectivity index (χ2n) is 13.0. The summed E-state index contributed by atoms with van der Waals surface area (Å²) in [7, 11) is 1.47. The summed E-state index contributed by atoms with van der Waals surface area (Å²) in [6, 6.07) is 17.0. The van der Waals surface area contributed by atoms with Gasteiger partial charge in [-0.1, -0.05) is 13.3 Å². The molecular formula is C37H40FN9O3. The fourth-order valence-corrected chi connectivity index (χ4v) is 7.12. The first-order chi connectivity index (χ1) is 24.4. The van der Waals surface area contributed by atoms with Crippen LogP contribution in [0.5, 0.6) is 5.88 Å². The topological polar surface area (TPSA) is 132 Å². The fraction of sp³-hybridized carbons (Fsp3) is 0.351. The lowest BCUT2D eigenvalue weighted by molar-refractivity contribution is -0.133. The molecule has 2 aromatic carbocycles. The highest BCUT2D eigenvalue weighted by molar-refractivity contribution is 6.00. The zero-order valence-corrected chi connectivity index (χ0v) is 28.2. The van der Waals surface area contributed by atoms with Crippen molar-refractivity contribution in [2.24, 2.45) is 5.41 Å². The Hall–Kier alpha value is -5.43. The van der Waals surface area contributed by atoms with E-state index in [0.717, 1.165) is 37.0 Å². The van der Waals surface area contributed by atoms with Crippen LogP contribution < -0.4 is 15.0 Å². The number of carbonyl (C=O) groups is 2. The van der Waals surface area contributed by atoms with Crippen molar-refractivity contribution in [1.82, 2.24) is 34.9 Å². The van der Waals surface area contributed by atoms with Gasteiger partial charge in [-0.3, -0.25) is 19.6 Å². The Morgan fingerprint density at radius 2 is 1.78 bits per heavy atom. The number of anilines is 2. The predicted molar refractivity (Wildman–Crippen MR) is 189 cm³/mol. The summed E-state index contributed by atoms with van der Waals surface area (Å²) in [6.07, 6.45) is 6.79. The molecule has 1 atom stereocenters. The molecule has 2 N–H and O–H groups in total. The number of aromatic amines is 1. The standard InChI is InChI=1S/C37H40FN9O3/c1-3-11-37(36(49)42-26-7-10-31-29(20-26)34(44-43-31)28-21-32(50-2)41-22-30(28)38)12-15-45(24-37)23-33(48)47-18-16-46(17-19-47)27-8-5-25(6-9-27)35-39-13-4-14-40-35/h4-10,13-14,20-22H,3,11-12,15-19,23-24H2,1-2H3,(H,42,49)(H,43,44). The number of H-pyrrole nitrogens is 1. The molecule has 0 aliphatic carbocycles. The second kappa shape index (κ2) is 14.2. The Morgan fingerprint density at radius 1 is 1.00 bits per heavy atom. The molecule has 5 aromatic rings. The van der Waals surface area contributed by atoms with Crippen molar-refractivity contribution in [3.05, 3.63) is 79.0 Å². The Balaban J connectivity index is 0.966. The number of amides is 2. The van der Waals surface area contributed by atoms with E-state index in [4.69, 9.17) is 4.74 Å². The first-order valence-corrected chi connectivity index (χ1v) is 17.0. The van der Waals surface area contributed by atoms with E-state index in [-0.39, 0.29) is 29.8 Å². The van der Waals surface area contributed by atoms with Crippen molar-refractivity contribution >= 4 is 34.1 Å². The largest absolute Gasteiger partial charge is 0.481 e. The van der Waals surface area contributed by atoms with E-state index >= 15 is 0 Å². The number of pyridine rings is 1. The van der Waals surface area contributed by atoms with Crippen LogP contribution in [0.1, 0.15) is 26.2 Å². The van der Waals surface area contributed by atoms with E-state index in [1.807, 2.05) is 29.2 Å². The molecule has 12 nitrogen and oxygen atoms in total. The van der Waals surface area contributed by atoms with Gasteiger partial charge in [0.2, 0.25) is 17.7 Å². The predicted octanol–water partition coefficient (Wildman–Crippen LogP) is 5.01. The Morgan fingerprint density at radius 3 is 2.52 bits per heavy atom. The van der Waals surface area contributed by atoms with Crippen LogP contribution in [0.2, 0.25) is 0 Å². The molecule has 2 fully saturated rings. The van der Waals surface area contributed by atoms with Gasteiger partial charge >= 0.3 is 0 Å². The van der Waals surface area contributed by atoms with Crippen LogP contribution in [0.4, 0.5) is 15.8 Å². The Labute approximate surface area is 289 Å². The quantitative estimate of drug-likeness (QED) is 0.209. The molecule has 7 rings (SSSR count). The maximum absolute atomic E-state index is 14.8. The number of halogens is 1. The lowest BCUT2D eigenvalue weighted by atomic mass is 9.81. The zero-order chi connectivity index (χ0) is 34.7. The van der Waals surface area contributed by atoms with Gasteiger partial charge in [-0.05, 0) is 67.9 Å². The summed E-state index contributed by atoms with van der Waals surface area (Å²) in [4.78, 5) is 46.3. The van der Waals surface area contributed by atoms with Crippen LogP contribution in [-0.2, 0) is 9.59 Å². The van der Waals surface area contributed by atoms with Crippen molar-refractivity contribution in [1.29, 1.82) is 0 Å². The molecule has 5 heterocycles. The van der Waals surface area contributed by atoms with E-state index in [2.05, 4.69) is 59.3 Å². The van der Waals surface area contributed by atoms with Crippen LogP contribution in [0, 0.1) is 11.2 Å². The maximum atomic E-state index is 14.8.